The second kappa shape index (κ2) is 5.08. The molecule has 0 spiro atoms. The van der Waals surface area contributed by atoms with Gasteiger partial charge in [0.15, 0.2) is 0 Å². The van der Waals surface area contributed by atoms with Gasteiger partial charge in [-0.15, -0.1) is 0 Å². The van der Waals surface area contributed by atoms with Crippen LogP contribution < -0.4 is 5.32 Å². The number of phenols is 1. The zero-order valence-corrected chi connectivity index (χ0v) is 10.9. The van der Waals surface area contributed by atoms with Crippen molar-refractivity contribution >= 4 is 18.1 Å². The molecule has 1 rings (SSSR count). The van der Waals surface area contributed by atoms with Crippen LogP contribution in [0, 0.1) is 6.92 Å². The first-order chi connectivity index (χ1) is 8.23. The van der Waals surface area contributed by atoms with Gasteiger partial charge >= 0.3 is 6.09 Å². The first-order valence-electron chi connectivity index (χ1n) is 5.52. The van der Waals surface area contributed by atoms with Gasteiger partial charge in [0.05, 0.1) is 5.69 Å². The molecular weight excluding hydrogens is 234 g/mol. The van der Waals surface area contributed by atoms with E-state index in [1.165, 1.54) is 12.1 Å². The van der Waals surface area contributed by atoms with Crippen LogP contribution in [-0.2, 0) is 4.74 Å². The number of hydrogen-bond donors (Lipinski definition) is 2. The summed E-state index contributed by atoms with van der Waals surface area (Å²) in [5.74, 6) is -0.107. The van der Waals surface area contributed by atoms with Crippen molar-refractivity contribution < 1.29 is 19.4 Å². The van der Waals surface area contributed by atoms with E-state index in [2.05, 4.69) is 5.32 Å². The second-order valence-corrected chi connectivity index (χ2v) is 4.97. The van der Waals surface area contributed by atoms with E-state index in [4.69, 9.17) is 4.74 Å². The second-order valence-electron chi connectivity index (χ2n) is 4.97. The number of aldehydes is 1. The predicted molar refractivity (Wildman–Crippen MR) is 68.1 cm³/mol. The van der Waals surface area contributed by atoms with Gasteiger partial charge in [0.1, 0.15) is 17.6 Å². The first-order valence-corrected chi connectivity index (χ1v) is 5.52. The Morgan fingerprint density at radius 2 is 2.00 bits per heavy atom. The Hall–Kier alpha value is -2.04. The number of hydrogen-bond acceptors (Lipinski definition) is 4. The molecule has 0 unspecified atom stereocenters. The number of anilines is 1. The van der Waals surface area contributed by atoms with Gasteiger partial charge in [-0.1, -0.05) is 0 Å². The maximum Gasteiger partial charge on any atom is 0.412 e. The summed E-state index contributed by atoms with van der Waals surface area (Å²) in [4.78, 5) is 22.3. The number of ether oxygens (including phenoxy) is 1. The number of carbonyl (C=O) groups excluding carboxylic acids is 2. The Kier molecular flexibility index (Phi) is 3.96. The highest BCUT2D eigenvalue weighted by Crippen LogP contribution is 2.27. The Labute approximate surface area is 106 Å². The molecule has 0 aliphatic heterocycles. The number of aromatic hydroxyl groups is 1. The number of aryl methyl sites for hydroxylation is 1. The van der Waals surface area contributed by atoms with Gasteiger partial charge in [-0.3, -0.25) is 10.1 Å². The third kappa shape index (κ3) is 3.76. The summed E-state index contributed by atoms with van der Waals surface area (Å²) in [6.45, 7) is 6.90. The molecule has 0 saturated heterocycles. The molecule has 0 aliphatic carbocycles. The Morgan fingerprint density at radius 1 is 1.39 bits per heavy atom. The Bertz CT molecular complexity index is 475. The molecule has 0 saturated carbocycles. The van der Waals surface area contributed by atoms with E-state index in [1.807, 2.05) is 0 Å². The van der Waals surface area contributed by atoms with Crippen molar-refractivity contribution in [3.05, 3.63) is 23.3 Å². The van der Waals surface area contributed by atoms with Crippen LogP contribution in [-0.4, -0.2) is 23.1 Å². The van der Waals surface area contributed by atoms with Crippen molar-refractivity contribution in [2.75, 3.05) is 5.32 Å². The van der Waals surface area contributed by atoms with Gasteiger partial charge in [-0.2, -0.15) is 0 Å². The van der Waals surface area contributed by atoms with Gasteiger partial charge in [0.2, 0.25) is 0 Å². The van der Waals surface area contributed by atoms with Gasteiger partial charge < -0.3 is 9.84 Å². The summed E-state index contributed by atoms with van der Waals surface area (Å²) in [5.41, 5.74) is 0.561. The largest absolute Gasteiger partial charge is 0.506 e. The lowest BCUT2D eigenvalue weighted by Crippen LogP contribution is -2.27. The van der Waals surface area contributed by atoms with Crippen molar-refractivity contribution in [1.82, 2.24) is 0 Å². The van der Waals surface area contributed by atoms with E-state index >= 15 is 0 Å². The number of amides is 1. The summed E-state index contributed by atoms with van der Waals surface area (Å²) in [6.07, 6.45) is -0.0202. The van der Waals surface area contributed by atoms with Gasteiger partial charge in [-0.05, 0) is 45.4 Å². The molecule has 18 heavy (non-hydrogen) atoms. The number of rotatable bonds is 2. The van der Waals surface area contributed by atoms with Crippen molar-refractivity contribution in [2.45, 2.75) is 33.3 Å². The molecule has 0 fully saturated rings. The van der Waals surface area contributed by atoms with Gasteiger partial charge in [0.25, 0.3) is 0 Å². The smallest absolute Gasteiger partial charge is 0.412 e. The maximum absolute atomic E-state index is 11.5. The molecule has 1 amide bonds. The SMILES string of the molecule is Cc1cc(O)c(NC(=O)OC(C)(C)C)cc1C=O. The molecular formula is C13H17NO4. The summed E-state index contributed by atoms with van der Waals surface area (Å²) >= 11 is 0. The molecule has 2 N–H and O–H groups in total. The third-order valence-corrected chi connectivity index (χ3v) is 2.15. The zero-order valence-electron chi connectivity index (χ0n) is 10.9. The minimum atomic E-state index is -0.682. The van der Waals surface area contributed by atoms with Gasteiger partial charge in [-0.25, -0.2) is 4.79 Å². The number of phenolic OH excluding ortho intramolecular Hbond substituents is 1. The third-order valence-electron chi connectivity index (χ3n) is 2.15. The number of benzene rings is 1. The highest BCUT2D eigenvalue weighted by molar-refractivity contribution is 5.89. The van der Waals surface area contributed by atoms with E-state index in [0.717, 1.165) is 0 Å². The van der Waals surface area contributed by atoms with Crippen molar-refractivity contribution in [3.63, 3.8) is 0 Å². The van der Waals surface area contributed by atoms with Crippen molar-refractivity contribution in [1.29, 1.82) is 0 Å². The molecule has 1 aromatic rings. The number of carbonyl (C=O) groups is 2. The average Bonchev–Trinajstić information content (AvgIpc) is 2.19. The fourth-order valence-electron chi connectivity index (χ4n) is 1.35. The molecule has 98 valence electrons. The summed E-state index contributed by atoms with van der Waals surface area (Å²) in [6, 6.07) is 2.82. The fraction of sp³-hybridized carbons (Fsp3) is 0.385. The van der Waals surface area contributed by atoms with Crippen LogP contribution in [0.3, 0.4) is 0 Å². The molecule has 0 heterocycles. The van der Waals surface area contributed by atoms with Crippen LogP contribution in [0.5, 0.6) is 5.75 Å². The van der Waals surface area contributed by atoms with E-state index in [9.17, 15) is 14.7 Å². The highest BCUT2D eigenvalue weighted by atomic mass is 16.6. The van der Waals surface area contributed by atoms with Crippen LogP contribution in [0.1, 0.15) is 36.7 Å². The Morgan fingerprint density at radius 3 is 2.50 bits per heavy atom. The molecule has 0 radical (unpaired) electrons. The van der Waals surface area contributed by atoms with Crippen LogP contribution in [0.2, 0.25) is 0 Å². The number of nitrogens with one attached hydrogen (secondary N) is 1. The van der Waals surface area contributed by atoms with E-state index in [0.29, 0.717) is 17.4 Å². The highest BCUT2D eigenvalue weighted by Gasteiger charge is 2.17. The standard InChI is InChI=1S/C13H17NO4/c1-8-5-11(16)10(6-9(8)7-15)14-12(17)18-13(2,3)4/h5-7,16H,1-4H3,(H,14,17). The normalized spacial score (nSPS) is 10.9. The van der Waals surface area contributed by atoms with Crippen LogP contribution in [0.4, 0.5) is 10.5 Å². The molecule has 0 aliphatic rings. The maximum atomic E-state index is 11.5. The van der Waals surface area contributed by atoms with Crippen LogP contribution in [0.15, 0.2) is 12.1 Å². The van der Waals surface area contributed by atoms with E-state index < -0.39 is 11.7 Å². The lowest BCUT2D eigenvalue weighted by Gasteiger charge is -2.20. The fourth-order valence-corrected chi connectivity index (χ4v) is 1.35. The van der Waals surface area contributed by atoms with E-state index in [1.54, 1.807) is 27.7 Å². The summed E-state index contributed by atoms with van der Waals surface area (Å²) in [5, 5.41) is 12.1. The molecule has 0 aromatic heterocycles. The topological polar surface area (TPSA) is 75.6 Å². The molecule has 5 heteroatoms. The molecule has 0 atom stereocenters. The quantitative estimate of drug-likeness (QED) is 0.626. The minimum Gasteiger partial charge on any atom is -0.506 e. The van der Waals surface area contributed by atoms with Crippen LogP contribution >= 0.6 is 0 Å². The lowest BCUT2D eigenvalue weighted by molar-refractivity contribution is 0.0635. The average molecular weight is 251 g/mol. The Balaban J connectivity index is 2.91. The summed E-state index contributed by atoms with van der Waals surface area (Å²) < 4.78 is 5.05. The monoisotopic (exact) mass is 251 g/mol. The van der Waals surface area contributed by atoms with Crippen molar-refractivity contribution in [2.24, 2.45) is 0 Å². The van der Waals surface area contributed by atoms with Crippen LogP contribution in [0.25, 0.3) is 0 Å². The molecule has 1 aromatic carbocycles. The zero-order chi connectivity index (χ0) is 13.9. The van der Waals surface area contributed by atoms with Crippen molar-refractivity contribution in [3.8, 4) is 5.75 Å². The minimum absolute atomic E-state index is 0.107. The van der Waals surface area contributed by atoms with Gasteiger partial charge in [0, 0.05) is 5.56 Å². The first kappa shape index (κ1) is 14.0. The summed E-state index contributed by atoms with van der Waals surface area (Å²) in [7, 11) is 0. The molecule has 5 nitrogen and oxygen atoms in total. The molecule has 0 bridgehead atoms. The lowest BCUT2D eigenvalue weighted by atomic mass is 10.1. The predicted octanol–water partition coefficient (Wildman–Crippen LogP) is 2.86. The van der Waals surface area contributed by atoms with E-state index in [-0.39, 0.29) is 11.4 Å².